The molecule has 0 spiro atoms. The minimum atomic E-state index is -0.269. The van der Waals surface area contributed by atoms with Crippen molar-refractivity contribution < 1.29 is 19.1 Å². The molecule has 0 saturated carbocycles. The summed E-state index contributed by atoms with van der Waals surface area (Å²) in [5, 5.41) is -0.245. The van der Waals surface area contributed by atoms with Crippen molar-refractivity contribution in [2.45, 2.75) is 26.8 Å². The third-order valence-electron chi connectivity index (χ3n) is 3.21. The van der Waals surface area contributed by atoms with Crippen LogP contribution in [0.15, 0.2) is 21.5 Å². The fourth-order valence-electron chi connectivity index (χ4n) is 2.16. The van der Waals surface area contributed by atoms with E-state index in [4.69, 9.17) is 9.47 Å². The molecule has 2 rings (SSSR count). The molecule has 2 amide bonds. The third kappa shape index (κ3) is 3.72. The highest BCUT2D eigenvalue weighted by molar-refractivity contribution is 9.10. The van der Waals surface area contributed by atoms with E-state index in [1.54, 1.807) is 25.3 Å². The van der Waals surface area contributed by atoms with E-state index < -0.39 is 0 Å². The van der Waals surface area contributed by atoms with Crippen molar-refractivity contribution in [2.24, 2.45) is 0 Å². The summed E-state index contributed by atoms with van der Waals surface area (Å²) in [7, 11) is 1.56. The van der Waals surface area contributed by atoms with Crippen LogP contribution in [-0.4, -0.2) is 35.8 Å². The van der Waals surface area contributed by atoms with E-state index in [9.17, 15) is 9.59 Å². The van der Waals surface area contributed by atoms with Crippen LogP contribution in [0.4, 0.5) is 4.79 Å². The van der Waals surface area contributed by atoms with E-state index >= 15 is 0 Å². The number of nitrogens with zero attached hydrogens (tertiary/aromatic N) is 1. The van der Waals surface area contributed by atoms with Crippen LogP contribution in [0.25, 0.3) is 6.08 Å². The van der Waals surface area contributed by atoms with Crippen LogP contribution in [0.5, 0.6) is 11.5 Å². The maximum absolute atomic E-state index is 12.3. The van der Waals surface area contributed by atoms with Crippen LogP contribution in [0.2, 0.25) is 0 Å². The zero-order chi connectivity index (χ0) is 17.1. The second-order valence-electron chi connectivity index (χ2n) is 5.10. The van der Waals surface area contributed by atoms with Crippen LogP contribution < -0.4 is 9.47 Å². The quantitative estimate of drug-likeness (QED) is 0.690. The molecule has 1 aromatic carbocycles. The molecule has 1 aliphatic heterocycles. The number of amides is 2. The molecule has 0 aliphatic carbocycles. The van der Waals surface area contributed by atoms with Gasteiger partial charge in [0.05, 0.1) is 18.6 Å². The first-order chi connectivity index (χ1) is 10.9. The van der Waals surface area contributed by atoms with Gasteiger partial charge in [0.2, 0.25) is 0 Å². The Labute approximate surface area is 148 Å². The zero-order valence-electron chi connectivity index (χ0n) is 13.4. The minimum absolute atomic E-state index is 0.160. The van der Waals surface area contributed by atoms with Gasteiger partial charge in [-0.15, -0.1) is 0 Å². The maximum Gasteiger partial charge on any atom is 0.293 e. The Bertz CT molecular complexity index is 672. The Balaban J connectivity index is 2.40. The number of benzene rings is 1. The molecule has 1 fully saturated rings. The minimum Gasteiger partial charge on any atom is -0.493 e. The molecule has 0 atom stereocenters. The highest BCUT2D eigenvalue weighted by Crippen LogP contribution is 2.38. The number of methoxy groups -OCH3 is 1. The van der Waals surface area contributed by atoms with E-state index in [-0.39, 0.29) is 17.2 Å². The third-order valence-corrected chi connectivity index (χ3v) is 4.78. The monoisotopic (exact) mass is 399 g/mol. The summed E-state index contributed by atoms with van der Waals surface area (Å²) in [6, 6.07) is 3.41. The fourth-order valence-corrected chi connectivity index (χ4v) is 3.54. The number of ether oxygens (including phenoxy) is 2. The van der Waals surface area contributed by atoms with Crippen LogP contribution in [0.3, 0.4) is 0 Å². The second kappa shape index (κ2) is 7.40. The topological polar surface area (TPSA) is 55.8 Å². The van der Waals surface area contributed by atoms with E-state index in [0.717, 1.165) is 21.8 Å². The van der Waals surface area contributed by atoms with Gasteiger partial charge in [0.15, 0.2) is 11.5 Å². The molecule has 0 aromatic heterocycles. The molecule has 1 saturated heterocycles. The van der Waals surface area contributed by atoms with Gasteiger partial charge in [-0.05, 0) is 56.3 Å². The lowest BCUT2D eigenvalue weighted by molar-refractivity contribution is -0.123. The Morgan fingerprint density at radius 1 is 1.30 bits per heavy atom. The standard InChI is InChI=1S/C16H18BrNO4S/c1-5-22-13-8-11(17)10(6-12(13)21-4)7-14-15(19)18(9(2)3)16(20)23-14/h6-9H,5H2,1-4H3/b14-7+. The molecule has 124 valence electrons. The molecule has 0 radical (unpaired) electrons. The number of hydrogen-bond acceptors (Lipinski definition) is 5. The molecule has 1 heterocycles. The van der Waals surface area contributed by atoms with Crippen LogP contribution in [0, 0.1) is 0 Å². The van der Waals surface area contributed by atoms with Crippen molar-refractivity contribution in [1.82, 2.24) is 4.90 Å². The first-order valence-electron chi connectivity index (χ1n) is 7.16. The van der Waals surface area contributed by atoms with Gasteiger partial charge in [-0.2, -0.15) is 0 Å². The van der Waals surface area contributed by atoms with Crippen molar-refractivity contribution in [2.75, 3.05) is 13.7 Å². The van der Waals surface area contributed by atoms with Crippen molar-refractivity contribution >= 4 is 44.9 Å². The summed E-state index contributed by atoms with van der Waals surface area (Å²) < 4.78 is 11.6. The Morgan fingerprint density at radius 3 is 2.52 bits per heavy atom. The summed E-state index contributed by atoms with van der Waals surface area (Å²) in [4.78, 5) is 25.9. The summed E-state index contributed by atoms with van der Waals surface area (Å²) >= 11 is 4.41. The number of imide groups is 1. The molecular formula is C16H18BrNO4S. The van der Waals surface area contributed by atoms with Crippen LogP contribution >= 0.6 is 27.7 Å². The highest BCUT2D eigenvalue weighted by Gasteiger charge is 2.36. The lowest BCUT2D eigenvalue weighted by Crippen LogP contribution is -2.34. The van der Waals surface area contributed by atoms with Crippen LogP contribution in [-0.2, 0) is 4.79 Å². The first kappa shape index (κ1) is 17.9. The molecule has 0 unspecified atom stereocenters. The lowest BCUT2D eigenvalue weighted by atomic mass is 10.1. The average Bonchev–Trinajstić information content (AvgIpc) is 2.76. The van der Waals surface area contributed by atoms with Gasteiger partial charge in [-0.1, -0.05) is 15.9 Å². The number of rotatable bonds is 5. The van der Waals surface area contributed by atoms with E-state index in [1.807, 2.05) is 20.8 Å². The average molecular weight is 400 g/mol. The van der Waals surface area contributed by atoms with Crippen molar-refractivity contribution in [3.05, 3.63) is 27.1 Å². The summed E-state index contributed by atoms with van der Waals surface area (Å²) in [5.41, 5.74) is 0.750. The molecule has 23 heavy (non-hydrogen) atoms. The van der Waals surface area contributed by atoms with Gasteiger partial charge in [0, 0.05) is 10.5 Å². The number of carbonyl (C=O) groups is 2. The summed E-state index contributed by atoms with van der Waals surface area (Å²) in [6.07, 6.45) is 1.69. The van der Waals surface area contributed by atoms with E-state index in [0.29, 0.717) is 23.0 Å². The van der Waals surface area contributed by atoms with Crippen molar-refractivity contribution in [3.8, 4) is 11.5 Å². The van der Waals surface area contributed by atoms with Gasteiger partial charge in [-0.3, -0.25) is 14.5 Å². The molecule has 1 aliphatic rings. The lowest BCUT2D eigenvalue weighted by Gasteiger charge is -2.16. The zero-order valence-corrected chi connectivity index (χ0v) is 15.8. The molecular weight excluding hydrogens is 382 g/mol. The summed E-state index contributed by atoms with van der Waals surface area (Å²) in [6.45, 7) is 6.04. The smallest absolute Gasteiger partial charge is 0.293 e. The Kier molecular flexibility index (Phi) is 5.75. The van der Waals surface area contributed by atoms with Gasteiger partial charge < -0.3 is 9.47 Å². The molecule has 7 heteroatoms. The fraction of sp³-hybridized carbons (Fsp3) is 0.375. The normalized spacial score (nSPS) is 16.6. The van der Waals surface area contributed by atoms with Gasteiger partial charge >= 0.3 is 0 Å². The van der Waals surface area contributed by atoms with Gasteiger partial charge in [0.25, 0.3) is 11.1 Å². The first-order valence-corrected chi connectivity index (χ1v) is 8.77. The summed E-state index contributed by atoms with van der Waals surface area (Å²) in [5.74, 6) is 0.924. The molecule has 0 bridgehead atoms. The van der Waals surface area contributed by atoms with Gasteiger partial charge in [0.1, 0.15) is 0 Å². The number of hydrogen-bond donors (Lipinski definition) is 0. The number of halogens is 1. The molecule has 5 nitrogen and oxygen atoms in total. The SMILES string of the molecule is CCOc1cc(Br)c(/C=C2/SC(=O)N(C(C)C)C2=O)cc1OC. The Hall–Kier alpha value is -1.47. The van der Waals surface area contributed by atoms with Crippen molar-refractivity contribution in [3.63, 3.8) is 0 Å². The predicted octanol–water partition coefficient (Wildman–Crippen LogP) is 4.30. The van der Waals surface area contributed by atoms with Crippen molar-refractivity contribution in [1.29, 1.82) is 0 Å². The number of thioether (sulfide) groups is 1. The predicted molar refractivity (Wildman–Crippen MR) is 94.8 cm³/mol. The van der Waals surface area contributed by atoms with Crippen LogP contribution in [0.1, 0.15) is 26.3 Å². The highest BCUT2D eigenvalue weighted by atomic mass is 79.9. The largest absolute Gasteiger partial charge is 0.493 e. The Morgan fingerprint density at radius 2 is 2.00 bits per heavy atom. The maximum atomic E-state index is 12.3. The van der Waals surface area contributed by atoms with E-state index in [1.165, 1.54) is 4.90 Å². The number of carbonyl (C=O) groups excluding carboxylic acids is 2. The van der Waals surface area contributed by atoms with Gasteiger partial charge in [-0.25, -0.2) is 0 Å². The second-order valence-corrected chi connectivity index (χ2v) is 6.95. The van der Waals surface area contributed by atoms with E-state index in [2.05, 4.69) is 15.9 Å². The molecule has 1 aromatic rings. The molecule has 0 N–H and O–H groups in total.